The van der Waals surface area contributed by atoms with Crippen LogP contribution in [0, 0.1) is 10.1 Å². The van der Waals surface area contributed by atoms with Crippen molar-refractivity contribution >= 4 is 11.6 Å². The zero-order chi connectivity index (χ0) is 14.1. The van der Waals surface area contributed by atoms with E-state index in [1.54, 1.807) is 18.2 Å². The Balaban J connectivity index is 2.65. The average molecular weight is 262 g/mol. The van der Waals surface area contributed by atoms with Gasteiger partial charge in [0.15, 0.2) is 5.96 Å². The first-order chi connectivity index (χ1) is 9.17. The largest absolute Gasteiger partial charge is 0.357 e. The number of rotatable bonds is 6. The Labute approximate surface area is 112 Å². The van der Waals surface area contributed by atoms with Gasteiger partial charge in [-0.3, -0.25) is 10.1 Å². The predicted octanol–water partition coefficient (Wildman–Crippen LogP) is 1.84. The van der Waals surface area contributed by atoms with Gasteiger partial charge in [-0.15, -0.1) is 6.58 Å². The van der Waals surface area contributed by atoms with Gasteiger partial charge in [-0.1, -0.05) is 18.2 Å². The van der Waals surface area contributed by atoms with Crippen LogP contribution in [0.5, 0.6) is 0 Å². The molecule has 0 bridgehead atoms. The number of nitro benzene ring substituents is 1. The molecule has 102 valence electrons. The van der Waals surface area contributed by atoms with Gasteiger partial charge in [-0.2, -0.15) is 0 Å². The SMILES string of the molecule is C=CCNC(=NCc1ccc([N+](=O)[O-])cc1)NCC. The van der Waals surface area contributed by atoms with Crippen LogP contribution < -0.4 is 10.6 Å². The minimum absolute atomic E-state index is 0.0874. The summed E-state index contributed by atoms with van der Waals surface area (Å²) in [6, 6.07) is 6.38. The van der Waals surface area contributed by atoms with Crippen LogP contribution in [0.4, 0.5) is 5.69 Å². The van der Waals surface area contributed by atoms with E-state index in [0.717, 1.165) is 12.1 Å². The summed E-state index contributed by atoms with van der Waals surface area (Å²) in [7, 11) is 0. The Bertz CT molecular complexity index is 454. The minimum Gasteiger partial charge on any atom is -0.357 e. The Kier molecular flexibility index (Phi) is 6.08. The number of nitrogens with one attached hydrogen (secondary N) is 2. The third kappa shape index (κ3) is 5.20. The first kappa shape index (κ1) is 14.7. The van der Waals surface area contributed by atoms with Gasteiger partial charge in [0, 0.05) is 25.2 Å². The number of non-ortho nitro benzene ring substituents is 1. The summed E-state index contributed by atoms with van der Waals surface area (Å²) < 4.78 is 0. The summed E-state index contributed by atoms with van der Waals surface area (Å²) in [5, 5.41) is 16.7. The highest BCUT2D eigenvalue weighted by Crippen LogP contribution is 2.12. The lowest BCUT2D eigenvalue weighted by Gasteiger charge is -2.09. The molecule has 0 aromatic heterocycles. The van der Waals surface area contributed by atoms with Gasteiger partial charge in [-0.25, -0.2) is 4.99 Å². The van der Waals surface area contributed by atoms with Crippen molar-refractivity contribution in [3.8, 4) is 0 Å². The quantitative estimate of drug-likeness (QED) is 0.269. The van der Waals surface area contributed by atoms with Gasteiger partial charge in [-0.05, 0) is 12.5 Å². The van der Waals surface area contributed by atoms with E-state index in [9.17, 15) is 10.1 Å². The molecule has 6 nitrogen and oxygen atoms in total. The third-order valence-electron chi connectivity index (χ3n) is 2.32. The van der Waals surface area contributed by atoms with E-state index in [4.69, 9.17) is 0 Å². The molecule has 19 heavy (non-hydrogen) atoms. The highest BCUT2D eigenvalue weighted by atomic mass is 16.6. The number of benzene rings is 1. The molecule has 0 aliphatic heterocycles. The zero-order valence-electron chi connectivity index (χ0n) is 10.9. The standard InChI is InChI=1S/C13H18N4O2/c1-3-9-15-13(14-4-2)16-10-11-5-7-12(8-6-11)17(18)19/h3,5-8H,1,4,9-10H2,2H3,(H2,14,15,16). The van der Waals surface area contributed by atoms with E-state index < -0.39 is 4.92 Å². The van der Waals surface area contributed by atoms with Crippen LogP contribution in [0.3, 0.4) is 0 Å². The van der Waals surface area contributed by atoms with Crippen LogP contribution in [0.2, 0.25) is 0 Å². The molecule has 1 aromatic rings. The number of aliphatic imine (C=N–C) groups is 1. The Morgan fingerprint density at radius 2 is 2.11 bits per heavy atom. The van der Waals surface area contributed by atoms with Crippen LogP contribution in [0.15, 0.2) is 41.9 Å². The average Bonchev–Trinajstić information content (AvgIpc) is 2.42. The Morgan fingerprint density at radius 1 is 1.42 bits per heavy atom. The van der Waals surface area contributed by atoms with Gasteiger partial charge in [0.25, 0.3) is 5.69 Å². The first-order valence-corrected chi connectivity index (χ1v) is 6.03. The zero-order valence-corrected chi connectivity index (χ0v) is 10.9. The molecular weight excluding hydrogens is 244 g/mol. The van der Waals surface area contributed by atoms with E-state index in [0.29, 0.717) is 19.0 Å². The number of guanidine groups is 1. The second-order valence-corrected chi connectivity index (χ2v) is 3.79. The third-order valence-corrected chi connectivity index (χ3v) is 2.32. The lowest BCUT2D eigenvalue weighted by Crippen LogP contribution is -2.37. The number of nitro groups is 1. The Hall–Kier alpha value is -2.37. The maximum absolute atomic E-state index is 10.5. The molecule has 1 aromatic carbocycles. The van der Waals surface area contributed by atoms with E-state index in [-0.39, 0.29) is 5.69 Å². The molecule has 0 fully saturated rings. The van der Waals surface area contributed by atoms with Crippen molar-refractivity contribution in [2.45, 2.75) is 13.5 Å². The van der Waals surface area contributed by atoms with Crippen LogP contribution in [0.1, 0.15) is 12.5 Å². The van der Waals surface area contributed by atoms with Crippen molar-refractivity contribution in [1.29, 1.82) is 0 Å². The maximum atomic E-state index is 10.5. The molecule has 0 aliphatic carbocycles. The van der Waals surface area contributed by atoms with E-state index >= 15 is 0 Å². The highest BCUT2D eigenvalue weighted by Gasteiger charge is 2.03. The summed E-state index contributed by atoms with van der Waals surface area (Å²) in [6.07, 6.45) is 1.75. The summed E-state index contributed by atoms with van der Waals surface area (Å²) in [5.41, 5.74) is 1.01. The van der Waals surface area contributed by atoms with Crippen LogP contribution in [0.25, 0.3) is 0 Å². The van der Waals surface area contributed by atoms with Gasteiger partial charge in [0.05, 0.1) is 11.5 Å². The first-order valence-electron chi connectivity index (χ1n) is 6.03. The fraction of sp³-hybridized carbons (Fsp3) is 0.308. The second kappa shape index (κ2) is 7.86. The molecule has 0 radical (unpaired) electrons. The van der Waals surface area contributed by atoms with Gasteiger partial charge < -0.3 is 10.6 Å². The summed E-state index contributed by atoms with van der Waals surface area (Å²) in [5.74, 6) is 0.695. The van der Waals surface area contributed by atoms with E-state index in [1.807, 2.05) is 6.92 Å². The van der Waals surface area contributed by atoms with Crippen LogP contribution >= 0.6 is 0 Å². The van der Waals surface area contributed by atoms with Gasteiger partial charge >= 0.3 is 0 Å². The van der Waals surface area contributed by atoms with Crippen molar-refractivity contribution in [3.05, 3.63) is 52.6 Å². The molecule has 0 amide bonds. The Morgan fingerprint density at radius 3 is 2.63 bits per heavy atom. The van der Waals surface area contributed by atoms with Crippen molar-refractivity contribution in [3.63, 3.8) is 0 Å². The maximum Gasteiger partial charge on any atom is 0.269 e. The van der Waals surface area contributed by atoms with Gasteiger partial charge in [0.2, 0.25) is 0 Å². The smallest absolute Gasteiger partial charge is 0.269 e. The normalized spacial score (nSPS) is 10.9. The van der Waals surface area contributed by atoms with Crippen molar-refractivity contribution in [2.24, 2.45) is 4.99 Å². The number of hydrogen-bond acceptors (Lipinski definition) is 3. The molecule has 6 heteroatoms. The van der Waals surface area contributed by atoms with Crippen molar-refractivity contribution < 1.29 is 4.92 Å². The predicted molar refractivity (Wildman–Crippen MR) is 76.1 cm³/mol. The van der Waals surface area contributed by atoms with Crippen LogP contribution in [-0.2, 0) is 6.54 Å². The van der Waals surface area contributed by atoms with E-state index in [1.165, 1.54) is 12.1 Å². The molecular formula is C13H18N4O2. The van der Waals surface area contributed by atoms with Crippen molar-refractivity contribution in [2.75, 3.05) is 13.1 Å². The fourth-order valence-corrected chi connectivity index (χ4v) is 1.40. The number of nitrogens with zero attached hydrogens (tertiary/aromatic N) is 2. The monoisotopic (exact) mass is 262 g/mol. The summed E-state index contributed by atoms with van der Waals surface area (Å²) in [4.78, 5) is 14.5. The summed E-state index contributed by atoms with van der Waals surface area (Å²) in [6.45, 7) is 7.47. The van der Waals surface area contributed by atoms with Gasteiger partial charge in [0.1, 0.15) is 0 Å². The van der Waals surface area contributed by atoms with Crippen LogP contribution in [-0.4, -0.2) is 24.0 Å². The summed E-state index contributed by atoms with van der Waals surface area (Å²) >= 11 is 0. The molecule has 0 saturated carbocycles. The molecule has 1 rings (SSSR count). The molecule has 0 atom stereocenters. The molecule has 0 saturated heterocycles. The van der Waals surface area contributed by atoms with Crippen molar-refractivity contribution in [1.82, 2.24) is 10.6 Å². The fourth-order valence-electron chi connectivity index (χ4n) is 1.40. The molecule has 0 spiro atoms. The molecule has 0 aliphatic rings. The lowest BCUT2D eigenvalue weighted by atomic mass is 10.2. The molecule has 0 heterocycles. The highest BCUT2D eigenvalue weighted by molar-refractivity contribution is 5.79. The molecule has 2 N–H and O–H groups in total. The van der Waals surface area contributed by atoms with E-state index in [2.05, 4.69) is 22.2 Å². The molecule has 0 unspecified atom stereocenters. The topological polar surface area (TPSA) is 79.6 Å². The second-order valence-electron chi connectivity index (χ2n) is 3.79. The lowest BCUT2D eigenvalue weighted by molar-refractivity contribution is -0.384. The minimum atomic E-state index is -0.414. The number of hydrogen-bond donors (Lipinski definition) is 2.